The highest BCUT2D eigenvalue weighted by Crippen LogP contribution is 2.20. The van der Waals surface area contributed by atoms with Crippen LogP contribution in [-0.4, -0.2) is 17.1 Å². The summed E-state index contributed by atoms with van der Waals surface area (Å²) in [6.07, 6.45) is 3.27. The van der Waals surface area contributed by atoms with E-state index in [1.54, 1.807) is 18.2 Å². The zero-order valence-corrected chi connectivity index (χ0v) is 15.7. The number of amides is 1. The second kappa shape index (κ2) is 8.30. The first-order chi connectivity index (χ1) is 12.6. The van der Waals surface area contributed by atoms with Gasteiger partial charge in [-0.25, -0.2) is 5.43 Å². The van der Waals surface area contributed by atoms with Crippen molar-refractivity contribution in [1.82, 2.24) is 10.4 Å². The van der Waals surface area contributed by atoms with Gasteiger partial charge in [0, 0.05) is 21.7 Å². The number of fused-ring (bicyclic) bond motifs is 1. The van der Waals surface area contributed by atoms with Gasteiger partial charge in [0.05, 0.1) is 22.3 Å². The van der Waals surface area contributed by atoms with Crippen LogP contribution in [0.15, 0.2) is 53.6 Å². The first kappa shape index (κ1) is 18.4. The Morgan fingerprint density at radius 2 is 2.00 bits per heavy atom. The lowest BCUT2D eigenvalue weighted by molar-refractivity contribution is 0.0956. The molecular weight excluding hydrogens is 369 g/mol. The van der Waals surface area contributed by atoms with Crippen molar-refractivity contribution in [3.05, 3.63) is 75.4 Å². The number of rotatable bonds is 5. The fourth-order valence-electron chi connectivity index (χ4n) is 2.63. The zero-order chi connectivity index (χ0) is 18.5. The van der Waals surface area contributed by atoms with Crippen LogP contribution < -0.4 is 5.43 Å². The van der Waals surface area contributed by atoms with E-state index >= 15 is 0 Å². The minimum atomic E-state index is -0.290. The molecule has 0 aliphatic rings. The number of carbonyl (C=O) groups excluding carboxylic acids is 1. The van der Waals surface area contributed by atoms with Gasteiger partial charge < -0.3 is 0 Å². The van der Waals surface area contributed by atoms with Gasteiger partial charge in [0.1, 0.15) is 0 Å². The monoisotopic (exact) mass is 385 g/mol. The van der Waals surface area contributed by atoms with E-state index < -0.39 is 0 Å². The summed E-state index contributed by atoms with van der Waals surface area (Å²) >= 11 is 12.0. The van der Waals surface area contributed by atoms with Crippen molar-refractivity contribution >= 4 is 46.2 Å². The lowest BCUT2D eigenvalue weighted by Gasteiger charge is -2.08. The first-order valence-corrected chi connectivity index (χ1v) is 9.01. The van der Waals surface area contributed by atoms with Crippen molar-refractivity contribution in [2.24, 2.45) is 5.10 Å². The third kappa shape index (κ3) is 4.21. The lowest BCUT2D eigenvalue weighted by Crippen LogP contribution is -2.18. The predicted octanol–water partition coefficient (Wildman–Crippen LogP) is 5.26. The molecule has 0 unspecified atom stereocenters. The number of benzene rings is 2. The standard InChI is InChI=1S/C20H17Cl2N3O/c1-2-5-15-11-17(16-6-3-4-7-19(16)24-15)20(26)25-23-12-13-8-9-14(21)10-18(13)22/h3-4,6-12H,2,5H2,1H3,(H,25,26)/b23-12-. The van der Waals surface area contributed by atoms with Crippen LogP contribution in [0, 0.1) is 0 Å². The maximum Gasteiger partial charge on any atom is 0.272 e. The Kier molecular flexibility index (Phi) is 5.86. The van der Waals surface area contributed by atoms with Gasteiger partial charge in [0.15, 0.2) is 0 Å². The highest BCUT2D eigenvalue weighted by atomic mass is 35.5. The molecule has 0 aliphatic heterocycles. The molecule has 4 nitrogen and oxygen atoms in total. The van der Waals surface area contributed by atoms with Crippen molar-refractivity contribution in [3.8, 4) is 0 Å². The molecule has 1 amide bonds. The number of para-hydroxylation sites is 1. The molecule has 0 atom stereocenters. The summed E-state index contributed by atoms with van der Waals surface area (Å²) in [5.74, 6) is -0.290. The molecule has 0 saturated heterocycles. The minimum absolute atomic E-state index is 0.290. The van der Waals surface area contributed by atoms with Gasteiger partial charge in [-0.15, -0.1) is 0 Å². The van der Waals surface area contributed by atoms with Crippen LogP contribution in [0.1, 0.15) is 35.0 Å². The number of pyridine rings is 1. The molecule has 132 valence electrons. The van der Waals surface area contributed by atoms with Crippen LogP contribution in [-0.2, 0) is 6.42 Å². The number of aromatic nitrogens is 1. The third-order valence-electron chi connectivity index (χ3n) is 3.85. The summed E-state index contributed by atoms with van der Waals surface area (Å²) < 4.78 is 0. The van der Waals surface area contributed by atoms with Crippen LogP contribution >= 0.6 is 23.2 Å². The first-order valence-electron chi connectivity index (χ1n) is 8.25. The van der Waals surface area contributed by atoms with Gasteiger partial charge in [0.2, 0.25) is 0 Å². The molecule has 0 aliphatic carbocycles. The summed E-state index contributed by atoms with van der Waals surface area (Å²) in [5.41, 5.74) is 5.47. The lowest BCUT2D eigenvalue weighted by atomic mass is 10.1. The summed E-state index contributed by atoms with van der Waals surface area (Å²) in [6, 6.07) is 14.5. The molecule has 0 radical (unpaired) electrons. The minimum Gasteiger partial charge on any atom is -0.267 e. The number of aryl methyl sites for hydroxylation is 1. The van der Waals surface area contributed by atoms with E-state index in [0.29, 0.717) is 21.2 Å². The molecule has 0 fully saturated rings. The van der Waals surface area contributed by atoms with E-state index in [9.17, 15) is 4.79 Å². The zero-order valence-electron chi connectivity index (χ0n) is 14.2. The summed E-state index contributed by atoms with van der Waals surface area (Å²) in [7, 11) is 0. The van der Waals surface area contributed by atoms with Crippen molar-refractivity contribution in [3.63, 3.8) is 0 Å². The topological polar surface area (TPSA) is 54.4 Å². The number of nitrogens with zero attached hydrogens (tertiary/aromatic N) is 2. The van der Waals surface area contributed by atoms with Crippen molar-refractivity contribution in [1.29, 1.82) is 0 Å². The van der Waals surface area contributed by atoms with Gasteiger partial charge in [0.25, 0.3) is 5.91 Å². The summed E-state index contributed by atoms with van der Waals surface area (Å²) in [4.78, 5) is 17.2. The molecule has 1 N–H and O–H groups in total. The highest BCUT2D eigenvalue weighted by Gasteiger charge is 2.12. The Morgan fingerprint density at radius 3 is 2.77 bits per heavy atom. The van der Waals surface area contributed by atoms with Crippen LogP contribution in [0.4, 0.5) is 0 Å². The van der Waals surface area contributed by atoms with E-state index in [-0.39, 0.29) is 5.91 Å². The summed E-state index contributed by atoms with van der Waals surface area (Å²) in [6.45, 7) is 2.08. The van der Waals surface area contributed by atoms with Crippen LogP contribution in [0.2, 0.25) is 10.0 Å². The van der Waals surface area contributed by atoms with Crippen LogP contribution in [0.5, 0.6) is 0 Å². The van der Waals surface area contributed by atoms with E-state index in [4.69, 9.17) is 23.2 Å². The summed E-state index contributed by atoms with van der Waals surface area (Å²) in [5, 5.41) is 5.83. The molecule has 3 aromatic rings. The number of nitrogens with one attached hydrogen (secondary N) is 1. The fraction of sp³-hybridized carbons (Fsp3) is 0.150. The normalized spacial score (nSPS) is 11.2. The number of hydrogen-bond donors (Lipinski definition) is 1. The Balaban J connectivity index is 1.86. The number of hydrazone groups is 1. The van der Waals surface area contributed by atoms with E-state index in [0.717, 1.165) is 29.4 Å². The second-order valence-corrected chi connectivity index (χ2v) is 6.64. The molecule has 1 heterocycles. The second-order valence-electron chi connectivity index (χ2n) is 5.79. The van der Waals surface area contributed by atoms with E-state index in [1.807, 2.05) is 30.3 Å². The maximum absolute atomic E-state index is 12.6. The average Bonchev–Trinajstić information content (AvgIpc) is 2.63. The highest BCUT2D eigenvalue weighted by molar-refractivity contribution is 6.36. The Bertz CT molecular complexity index is 986. The van der Waals surface area contributed by atoms with Crippen LogP contribution in [0.25, 0.3) is 10.9 Å². The van der Waals surface area contributed by atoms with Crippen molar-refractivity contribution in [2.45, 2.75) is 19.8 Å². The van der Waals surface area contributed by atoms with E-state index in [1.165, 1.54) is 6.21 Å². The molecule has 0 bridgehead atoms. The smallest absolute Gasteiger partial charge is 0.267 e. The van der Waals surface area contributed by atoms with Gasteiger partial charge in [-0.1, -0.05) is 60.8 Å². The van der Waals surface area contributed by atoms with Crippen molar-refractivity contribution in [2.75, 3.05) is 0 Å². The molecule has 26 heavy (non-hydrogen) atoms. The Hall–Kier alpha value is -2.43. The van der Waals surface area contributed by atoms with Gasteiger partial charge in [-0.05, 0) is 30.7 Å². The molecule has 0 spiro atoms. The molecule has 6 heteroatoms. The number of halogens is 2. The van der Waals surface area contributed by atoms with Gasteiger partial charge >= 0.3 is 0 Å². The third-order valence-corrected chi connectivity index (χ3v) is 4.41. The van der Waals surface area contributed by atoms with Crippen LogP contribution in [0.3, 0.4) is 0 Å². The average molecular weight is 386 g/mol. The largest absolute Gasteiger partial charge is 0.272 e. The molecule has 1 aromatic heterocycles. The Labute approximate surface area is 161 Å². The molecule has 2 aromatic carbocycles. The quantitative estimate of drug-likeness (QED) is 0.481. The molecule has 3 rings (SSSR count). The predicted molar refractivity (Wildman–Crippen MR) is 107 cm³/mol. The maximum atomic E-state index is 12.6. The Morgan fingerprint density at radius 1 is 1.19 bits per heavy atom. The molecular formula is C20H17Cl2N3O. The molecule has 0 saturated carbocycles. The number of carbonyl (C=O) groups is 1. The fourth-order valence-corrected chi connectivity index (χ4v) is 3.09. The van der Waals surface area contributed by atoms with Crippen molar-refractivity contribution < 1.29 is 4.79 Å². The van der Waals surface area contributed by atoms with E-state index in [2.05, 4.69) is 22.4 Å². The van der Waals surface area contributed by atoms with Gasteiger partial charge in [-0.3, -0.25) is 9.78 Å². The SMILES string of the molecule is CCCc1cc(C(=O)N/N=C\c2ccc(Cl)cc2Cl)c2ccccc2n1. The number of hydrogen-bond acceptors (Lipinski definition) is 3. The van der Waals surface area contributed by atoms with Gasteiger partial charge in [-0.2, -0.15) is 5.10 Å².